The summed E-state index contributed by atoms with van der Waals surface area (Å²) in [5.74, 6) is 1.45. The molecule has 2 N–H and O–H groups in total. The van der Waals surface area contributed by atoms with Crippen LogP contribution in [0.15, 0.2) is 16.5 Å². The van der Waals surface area contributed by atoms with E-state index in [9.17, 15) is 5.11 Å². The van der Waals surface area contributed by atoms with Crippen molar-refractivity contribution in [2.75, 3.05) is 6.54 Å². The first-order chi connectivity index (χ1) is 7.08. The fourth-order valence-electron chi connectivity index (χ4n) is 1.44. The van der Waals surface area contributed by atoms with Crippen molar-refractivity contribution in [3.63, 3.8) is 0 Å². The monoisotopic (exact) mass is 323 g/mol. The van der Waals surface area contributed by atoms with E-state index in [2.05, 4.69) is 41.8 Å². The first-order valence-electron chi connectivity index (χ1n) is 5.21. The van der Waals surface area contributed by atoms with E-state index in [1.54, 1.807) is 0 Å². The molecule has 1 heterocycles. The summed E-state index contributed by atoms with van der Waals surface area (Å²) >= 11 is 2.14. The summed E-state index contributed by atoms with van der Waals surface area (Å²) in [5.41, 5.74) is 0. The molecule has 4 heteroatoms. The molecule has 1 aromatic heterocycles. The second-order valence-corrected chi connectivity index (χ2v) is 5.18. The number of furan rings is 1. The molecule has 1 aromatic rings. The van der Waals surface area contributed by atoms with Gasteiger partial charge in [0.2, 0.25) is 0 Å². The average molecular weight is 323 g/mol. The first kappa shape index (κ1) is 13.0. The van der Waals surface area contributed by atoms with Crippen LogP contribution in [0.1, 0.15) is 26.0 Å². The summed E-state index contributed by atoms with van der Waals surface area (Å²) < 4.78 is 6.28. The lowest BCUT2D eigenvalue weighted by atomic mass is 10.1. The lowest BCUT2D eigenvalue weighted by Gasteiger charge is -2.13. The molecular weight excluding hydrogens is 305 g/mol. The van der Waals surface area contributed by atoms with Gasteiger partial charge in [-0.25, -0.2) is 0 Å². The van der Waals surface area contributed by atoms with Crippen LogP contribution in [0.3, 0.4) is 0 Å². The molecule has 0 aliphatic carbocycles. The zero-order valence-corrected chi connectivity index (χ0v) is 11.3. The van der Waals surface area contributed by atoms with Crippen LogP contribution in [0.5, 0.6) is 0 Å². The summed E-state index contributed by atoms with van der Waals surface area (Å²) in [6, 6.07) is 3.88. The SMILES string of the molecule is CC(C)CC(O)CNCc1ccc(I)o1. The van der Waals surface area contributed by atoms with Gasteiger partial charge in [-0.3, -0.25) is 0 Å². The molecular formula is C11H18INO2. The summed E-state index contributed by atoms with van der Waals surface area (Å²) in [6.45, 7) is 5.52. The number of halogens is 1. The minimum atomic E-state index is -0.265. The highest BCUT2D eigenvalue weighted by Gasteiger charge is 2.06. The van der Waals surface area contributed by atoms with Gasteiger partial charge in [-0.1, -0.05) is 13.8 Å². The Balaban J connectivity index is 2.16. The van der Waals surface area contributed by atoms with E-state index < -0.39 is 0 Å². The van der Waals surface area contributed by atoms with Crippen LogP contribution in [0.4, 0.5) is 0 Å². The molecule has 0 spiro atoms. The number of hydrogen-bond donors (Lipinski definition) is 2. The van der Waals surface area contributed by atoms with Crippen LogP contribution in [0, 0.1) is 9.68 Å². The number of nitrogens with one attached hydrogen (secondary N) is 1. The molecule has 0 aliphatic rings. The molecule has 0 saturated heterocycles. The quantitative estimate of drug-likeness (QED) is 0.790. The van der Waals surface area contributed by atoms with Gasteiger partial charge in [-0.05, 0) is 47.1 Å². The lowest BCUT2D eigenvalue weighted by molar-refractivity contribution is 0.145. The van der Waals surface area contributed by atoms with Crippen molar-refractivity contribution >= 4 is 22.6 Å². The topological polar surface area (TPSA) is 45.4 Å². The zero-order valence-electron chi connectivity index (χ0n) is 9.16. The molecule has 15 heavy (non-hydrogen) atoms. The van der Waals surface area contributed by atoms with E-state index in [0.717, 1.165) is 15.9 Å². The average Bonchev–Trinajstić information content (AvgIpc) is 2.50. The van der Waals surface area contributed by atoms with Gasteiger partial charge in [0.25, 0.3) is 0 Å². The Labute approximate surface area is 104 Å². The van der Waals surface area contributed by atoms with Crippen LogP contribution < -0.4 is 5.32 Å². The minimum Gasteiger partial charge on any atom is -0.454 e. The molecule has 0 aromatic carbocycles. The molecule has 0 amide bonds. The smallest absolute Gasteiger partial charge is 0.164 e. The highest BCUT2D eigenvalue weighted by molar-refractivity contribution is 14.1. The number of rotatable bonds is 6. The van der Waals surface area contributed by atoms with E-state index in [-0.39, 0.29) is 6.10 Å². The fraction of sp³-hybridized carbons (Fsp3) is 0.636. The van der Waals surface area contributed by atoms with E-state index in [1.165, 1.54) is 0 Å². The molecule has 0 aliphatic heterocycles. The van der Waals surface area contributed by atoms with Gasteiger partial charge < -0.3 is 14.8 Å². The third-order valence-electron chi connectivity index (χ3n) is 2.05. The Kier molecular flexibility index (Phi) is 5.63. The molecule has 1 atom stereocenters. The second kappa shape index (κ2) is 6.50. The van der Waals surface area contributed by atoms with Crippen molar-refractivity contribution in [3.05, 3.63) is 21.7 Å². The first-order valence-corrected chi connectivity index (χ1v) is 6.28. The van der Waals surface area contributed by atoms with Crippen molar-refractivity contribution in [1.29, 1.82) is 0 Å². The van der Waals surface area contributed by atoms with Crippen molar-refractivity contribution in [2.24, 2.45) is 5.92 Å². The second-order valence-electron chi connectivity index (χ2n) is 4.12. The minimum absolute atomic E-state index is 0.265. The van der Waals surface area contributed by atoms with Gasteiger partial charge >= 0.3 is 0 Å². The molecule has 0 saturated carbocycles. The maximum atomic E-state index is 9.61. The van der Waals surface area contributed by atoms with E-state index in [4.69, 9.17) is 4.42 Å². The summed E-state index contributed by atoms with van der Waals surface area (Å²) in [5, 5.41) is 12.8. The predicted octanol–water partition coefficient (Wildman–Crippen LogP) is 2.38. The normalized spacial score (nSPS) is 13.4. The standard InChI is InChI=1S/C11H18INO2/c1-8(2)5-9(14)6-13-7-10-3-4-11(12)15-10/h3-4,8-9,13-14H,5-7H2,1-2H3. The molecule has 0 radical (unpaired) electrons. The van der Waals surface area contributed by atoms with Crippen LogP contribution >= 0.6 is 22.6 Å². The fourth-order valence-corrected chi connectivity index (χ4v) is 1.90. The van der Waals surface area contributed by atoms with Crippen LogP contribution in [-0.2, 0) is 6.54 Å². The Bertz CT molecular complexity index is 286. The van der Waals surface area contributed by atoms with E-state index in [0.29, 0.717) is 19.0 Å². The molecule has 0 bridgehead atoms. The Morgan fingerprint density at radius 3 is 2.73 bits per heavy atom. The van der Waals surface area contributed by atoms with Gasteiger partial charge in [0.05, 0.1) is 12.6 Å². The van der Waals surface area contributed by atoms with Gasteiger partial charge in [-0.2, -0.15) is 0 Å². The predicted molar refractivity (Wildman–Crippen MR) is 68.6 cm³/mol. The van der Waals surface area contributed by atoms with Crippen molar-refractivity contribution in [2.45, 2.75) is 32.9 Å². The van der Waals surface area contributed by atoms with Crippen molar-refractivity contribution in [1.82, 2.24) is 5.32 Å². The third kappa shape index (κ3) is 5.53. The molecule has 1 rings (SSSR count). The highest BCUT2D eigenvalue weighted by Crippen LogP contribution is 2.09. The van der Waals surface area contributed by atoms with E-state index >= 15 is 0 Å². The van der Waals surface area contributed by atoms with Gasteiger partial charge in [0.1, 0.15) is 5.76 Å². The largest absolute Gasteiger partial charge is 0.454 e. The van der Waals surface area contributed by atoms with Crippen LogP contribution in [0.25, 0.3) is 0 Å². The lowest BCUT2D eigenvalue weighted by Crippen LogP contribution is -2.27. The van der Waals surface area contributed by atoms with Crippen LogP contribution in [0.2, 0.25) is 0 Å². The van der Waals surface area contributed by atoms with Gasteiger partial charge in [-0.15, -0.1) is 0 Å². The molecule has 0 fully saturated rings. The maximum absolute atomic E-state index is 9.61. The molecule has 86 valence electrons. The summed E-state index contributed by atoms with van der Waals surface area (Å²) in [4.78, 5) is 0. The van der Waals surface area contributed by atoms with E-state index in [1.807, 2.05) is 12.1 Å². The highest BCUT2D eigenvalue weighted by atomic mass is 127. The third-order valence-corrected chi connectivity index (χ3v) is 2.63. The number of aliphatic hydroxyl groups is 1. The molecule has 3 nitrogen and oxygen atoms in total. The van der Waals surface area contributed by atoms with Crippen molar-refractivity contribution in [3.8, 4) is 0 Å². The Hall–Kier alpha value is -0.0700. The molecule has 1 unspecified atom stereocenters. The van der Waals surface area contributed by atoms with Crippen molar-refractivity contribution < 1.29 is 9.52 Å². The maximum Gasteiger partial charge on any atom is 0.164 e. The zero-order chi connectivity index (χ0) is 11.3. The van der Waals surface area contributed by atoms with Gasteiger partial charge in [0.15, 0.2) is 3.77 Å². The number of aliphatic hydroxyl groups excluding tert-OH is 1. The Morgan fingerprint density at radius 1 is 1.47 bits per heavy atom. The Morgan fingerprint density at radius 2 is 2.20 bits per heavy atom. The van der Waals surface area contributed by atoms with Gasteiger partial charge in [0, 0.05) is 6.54 Å². The summed E-state index contributed by atoms with van der Waals surface area (Å²) in [7, 11) is 0. The number of hydrogen-bond acceptors (Lipinski definition) is 3. The van der Waals surface area contributed by atoms with Crippen LogP contribution in [-0.4, -0.2) is 17.8 Å². The summed E-state index contributed by atoms with van der Waals surface area (Å²) in [6.07, 6.45) is 0.571.